The van der Waals surface area contributed by atoms with Crippen molar-refractivity contribution in [3.05, 3.63) is 35.9 Å². The first-order valence-electron chi connectivity index (χ1n) is 4.54. The van der Waals surface area contributed by atoms with E-state index >= 15 is 0 Å². The molecule has 88 valence electrons. The molecule has 0 radical (unpaired) electrons. The van der Waals surface area contributed by atoms with Gasteiger partial charge in [-0.05, 0) is 12.5 Å². The highest BCUT2D eigenvalue weighted by atomic mass is 19.3. The molecule has 2 nitrogen and oxygen atoms in total. The van der Waals surface area contributed by atoms with Crippen molar-refractivity contribution in [2.24, 2.45) is 0 Å². The number of carbonyl (C=O) groups is 1. The van der Waals surface area contributed by atoms with E-state index in [0.717, 1.165) is 7.11 Å². The average molecular weight is 232 g/mol. The molecule has 0 saturated heterocycles. The predicted molar refractivity (Wildman–Crippen MR) is 51.9 cm³/mol. The van der Waals surface area contributed by atoms with Gasteiger partial charge in [-0.1, -0.05) is 30.3 Å². The molecule has 0 aliphatic heterocycles. The molecule has 0 heterocycles. The highest BCUT2D eigenvalue weighted by Crippen LogP contribution is 2.41. The molecular formula is C11H11F3O2. The summed E-state index contributed by atoms with van der Waals surface area (Å²) in [5.41, 5.74) is -3.37. The lowest BCUT2D eigenvalue weighted by molar-refractivity contribution is -0.194. The fourth-order valence-electron chi connectivity index (χ4n) is 1.25. The van der Waals surface area contributed by atoms with E-state index in [2.05, 4.69) is 4.74 Å². The first-order chi connectivity index (χ1) is 7.34. The van der Waals surface area contributed by atoms with Crippen molar-refractivity contribution in [1.29, 1.82) is 0 Å². The molecule has 1 rings (SSSR count). The molecule has 0 bridgehead atoms. The SMILES string of the molecule is COC(=O)C(F)(F)C(C)(F)c1ccccc1. The molecule has 1 unspecified atom stereocenters. The Balaban J connectivity index is 3.16. The largest absolute Gasteiger partial charge is 0.464 e. The maximum atomic E-state index is 14.0. The van der Waals surface area contributed by atoms with E-state index < -0.39 is 17.6 Å². The first-order valence-corrected chi connectivity index (χ1v) is 4.54. The zero-order chi connectivity index (χ0) is 12.4. The summed E-state index contributed by atoms with van der Waals surface area (Å²) in [6, 6.07) is 6.78. The molecule has 0 spiro atoms. The fourth-order valence-corrected chi connectivity index (χ4v) is 1.25. The average Bonchev–Trinajstić information content (AvgIpc) is 2.28. The second-order valence-electron chi connectivity index (χ2n) is 3.43. The molecule has 1 atom stereocenters. The van der Waals surface area contributed by atoms with Crippen molar-refractivity contribution in [2.75, 3.05) is 7.11 Å². The summed E-state index contributed by atoms with van der Waals surface area (Å²) in [5.74, 6) is -6.11. The molecule has 0 amide bonds. The number of hydrogen-bond acceptors (Lipinski definition) is 2. The Hall–Kier alpha value is -1.52. The van der Waals surface area contributed by atoms with Crippen LogP contribution in [0.3, 0.4) is 0 Å². The molecule has 0 fully saturated rings. The van der Waals surface area contributed by atoms with Crippen LogP contribution in [0.2, 0.25) is 0 Å². The number of hydrogen-bond donors (Lipinski definition) is 0. The Kier molecular flexibility index (Phi) is 3.26. The molecule has 5 heteroatoms. The summed E-state index contributed by atoms with van der Waals surface area (Å²) in [4.78, 5) is 10.8. The van der Waals surface area contributed by atoms with Gasteiger partial charge in [0.15, 0.2) is 0 Å². The third-order valence-electron chi connectivity index (χ3n) is 2.35. The van der Waals surface area contributed by atoms with Crippen LogP contribution in [0.4, 0.5) is 13.2 Å². The standard InChI is InChI=1S/C11H11F3O2/c1-10(12,8-6-4-3-5-7-8)11(13,14)9(15)16-2/h3-7H,1-2H3. The number of esters is 1. The lowest BCUT2D eigenvalue weighted by Crippen LogP contribution is -2.46. The Bertz CT molecular complexity index is 374. The molecule has 0 aromatic heterocycles. The van der Waals surface area contributed by atoms with Crippen LogP contribution < -0.4 is 0 Å². The van der Waals surface area contributed by atoms with Gasteiger partial charge in [0.2, 0.25) is 5.67 Å². The summed E-state index contributed by atoms with van der Waals surface area (Å²) in [6.07, 6.45) is 0. The number of alkyl halides is 3. The molecule has 16 heavy (non-hydrogen) atoms. The maximum Gasteiger partial charge on any atom is 0.380 e. The van der Waals surface area contributed by atoms with Crippen LogP contribution in [-0.4, -0.2) is 19.0 Å². The summed E-state index contributed by atoms with van der Waals surface area (Å²) >= 11 is 0. The number of methoxy groups -OCH3 is 1. The van der Waals surface area contributed by atoms with E-state index in [4.69, 9.17) is 0 Å². The molecule has 1 aromatic carbocycles. The third-order valence-corrected chi connectivity index (χ3v) is 2.35. The molecule has 0 aliphatic rings. The number of carbonyl (C=O) groups excluding carboxylic acids is 1. The van der Waals surface area contributed by atoms with Gasteiger partial charge in [0.25, 0.3) is 0 Å². The van der Waals surface area contributed by atoms with E-state index in [1.165, 1.54) is 24.3 Å². The topological polar surface area (TPSA) is 26.3 Å². The molecule has 0 N–H and O–H groups in total. The highest BCUT2D eigenvalue weighted by molar-refractivity contribution is 5.79. The smallest absolute Gasteiger partial charge is 0.380 e. The minimum absolute atomic E-state index is 0.273. The van der Waals surface area contributed by atoms with Gasteiger partial charge in [-0.15, -0.1) is 0 Å². The van der Waals surface area contributed by atoms with Crippen molar-refractivity contribution in [3.63, 3.8) is 0 Å². The van der Waals surface area contributed by atoms with Gasteiger partial charge < -0.3 is 4.74 Å². The zero-order valence-electron chi connectivity index (χ0n) is 8.84. The van der Waals surface area contributed by atoms with Crippen LogP contribution in [0.1, 0.15) is 12.5 Å². The van der Waals surface area contributed by atoms with Gasteiger partial charge in [0, 0.05) is 0 Å². The molecular weight excluding hydrogens is 221 g/mol. The summed E-state index contributed by atoms with van der Waals surface area (Å²) in [5, 5.41) is 0. The maximum absolute atomic E-state index is 14.0. The van der Waals surface area contributed by atoms with E-state index in [9.17, 15) is 18.0 Å². The summed E-state index contributed by atoms with van der Waals surface area (Å²) in [7, 11) is 0.789. The van der Waals surface area contributed by atoms with Gasteiger partial charge in [-0.2, -0.15) is 8.78 Å². The van der Waals surface area contributed by atoms with Crippen LogP contribution >= 0.6 is 0 Å². The lowest BCUT2D eigenvalue weighted by Gasteiger charge is -2.28. The minimum Gasteiger partial charge on any atom is -0.464 e. The van der Waals surface area contributed by atoms with Gasteiger partial charge in [-0.3, -0.25) is 0 Å². The van der Waals surface area contributed by atoms with Crippen LogP contribution in [0.15, 0.2) is 30.3 Å². The lowest BCUT2D eigenvalue weighted by atomic mass is 9.91. The third kappa shape index (κ3) is 1.89. The summed E-state index contributed by atoms with van der Waals surface area (Å²) < 4.78 is 44.7. The fraction of sp³-hybridized carbons (Fsp3) is 0.364. The van der Waals surface area contributed by atoms with Gasteiger partial charge in [-0.25, -0.2) is 9.18 Å². The normalized spacial score (nSPS) is 15.3. The van der Waals surface area contributed by atoms with Crippen LogP contribution in [-0.2, 0) is 15.2 Å². The van der Waals surface area contributed by atoms with Crippen molar-refractivity contribution >= 4 is 5.97 Å². The summed E-state index contributed by atoms with van der Waals surface area (Å²) in [6.45, 7) is 0.652. The number of rotatable bonds is 3. The second-order valence-corrected chi connectivity index (χ2v) is 3.43. The van der Waals surface area contributed by atoms with Crippen LogP contribution in [0.5, 0.6) is 0 Å². The van der Waals surface area contributed by atoms with Gasteiger partial charge in [0.05, 0.1) is 7.11 Å². The Morgan fingerprint density at radius 1 is 1.19 bits per heavy atom. The van der Waals surface area contributed by atoms with Crippen LogP contribution in [0.25, 0.3) is 0 Å². The Labute approximate surface area is 91.0 Å². The minimum atomic E-state index is -4.22. The second kappa shape index (κ2) is 4.15. The molecule has 0 saturated carbocycles. The Morgan fingerprint density at radius 2 is 1.69 bits per heavy atom. The van der Waals surface area contributed by atoms with E-state index in [-0.39, 0.29) is 5.56 Å². The van der Waals surface area contributed by atoms with E-state index in [1.54, 1.807) is 6.07 Å². The molecule has 1 aromatic rings. The van der Waals surface area contributed by atoms with Crippen molar-refractivity contribution in [2.45, 2.75) is 18.5 Å². The van der Waals surface area contributed by atoms with Gasteiger partial charge >= 0.3 is 11.9 Å². The van der Waals surface area contributed by atoms with E-state index in [0.29, 0.717) is 6.92 Å². The highest BCUT2D eigenvalue weighted by Gasteiger charge is 2.59. The van der Waals surface area contributed by atoms with Crippen LogP contribution in [0, 0.1) is 0 Å². The first kappa shape index (κ1) is 12.5. The van der Waals surface area contributed by atoms with Crippen molar-refractivity contribution in [3.8, 4) is 0 Å². The molecule has 0 aliphatic carbocycles. The van der Waals surface area contributed by atoms with Crippen molar-refractivity contribution < 1.29 is 22.7 Å². The zero-order valence-corrected chi connectivity index (χ0v) is 8.84. The number of ether oxygens (including phenoxy) is 1. The van der Waals surface area contributed by atoms with Crippen molar-refractivity contribution in [1.82, 2.24) is 0 Å². The van der Waals surface area contributed by atoms with E-state index in [1.807, 2.05) is 0 Å². The monoisotopic (exact) mass is 232 g/mol. The number of benzene rings is 1. The van der Waals surface area contributed by atoms with Gasteiger partial charge in [0.1, 0.15) is 0 Å². The number of halogens is 3. The Morgan fingerprint density at radius 3 is 2.12 bits per heavy atom. The predicted octanol–water partition coefficient (Wildman–Crippen LogP) is 2.68. The quantitative estimate of drug-likeness (QED) is 0.749.